The second-order valence-electron chi connectivity index (χ2n) is 6.92. The van der Waals surface area contributed by atoms with Gasteiger partial charge in [-0.25, -0.2) is 8.78 Å². The second-order valence-corrected chi connectivity index (χ2v) is 6.92. The monoisotopic (exact) mass is 397 g/mol. The molecule has 0 fully saturated rings. The van der Waals surface area contributed by atoms with Crippen LogP contribution in [0.2, 0.25) is 0 Å². The fourth-order valence-electron chi connectivity index (χ4n) is 3.24. The summed E-state index contributed by atoms with van der Waals surface area (Å²) in [5.41, 5.74) is 0.642. The number of aromatic nitrogens is 4. The summed E-state index contributed by atoms with van der Waals surface area (Å²) in [6.45, 7) is 3.53. The van der Waals surface area contributed by atoms with Crippen molar-refractivity contribution in [2.75, 3.05) is 5.32 Å². The van der Waals surface area contributed by atoms with E-state index in [0.717, 1.165) is 12.1 Å². The lowest BCUT2D eigenvalue weighted by Crippen LogP contribution is -2.30. The molecule has 1 amide bonds. The number of halogens is 2. The highest BCUT2D eigenvalue weighted by Gasteiger charge is 2.19. The zero-order valence-corrected chi connectivity index (χ0v) is 15.7. The summed E-state index contributed by atoms with van der Waals surface area (Å²) in [7, 11) is 0. The molecule has 1 N–H and O–H groups in total. The van der Waals surface area contributed by atoms with Crippen LogP contribution in [0.15, 0.2) is 47.3 Å². The van der Waals surface area contributed by atoms with E-state index in [0.29, 0.717) is 22.9 Å². The standard InChI is InChI=1S/C20H17F2N5O2/c1-11(2)18-24-25-19-20(29)26(15-5-3-4-6-16(15)27(18)19)10-17(28)23-14-8-7-12(21)9-13(14)22/h3-9,11H,10H2,1-2H3,(H,23,28). The molecule has 7 nitrogen and oxygen atoms in total. The Morgan fingerprint density at radius 2 is 1.83 bits per heavy atom. The maximum atomic E-state index is 13.8. The van der Waals surface area contributed by atoms with Crippen LogP contribution in [0.5, 0.6) is 0 Å². The summed E-state index contributed by atoms with van der Waals surface area (Å²) in [6, 6.07) is 9.93. The van der Waals surface area contributed by atoms with Gasteiger partial charge in [-0.3, -0.25) is 18.6 Å². The molecule has 9 heteroatoms. The summed E-state index contributed by atoms with van der Waals surface area (Å²) in [5, 5.41) is 10.5. The molecule has 0 aliphatic carbocycles. The van der Waals surface area contributed by atoms with Gasteiger partial charge in [0.15, 0.2) is 0 Å². The average molecular weight is 397 g/mol. The van der Waals surface area contributed by atoms with E-state index < -0.39 is 23.1 Å². The van der Waals surface area contributed by atoms with Gasteiger partial charge in [-0.2, -0.15) is 0 Å². The lowest BCUT2D eigenvalue weighted by molar-refractivity contribution is -0.116. The van der Waals surface area contributed by atoms with E-state index in [4.69, 9.17) is 0 Å². The number of hydrogen-bond donors (Lipinski definition) is 1. The van der Waals surface area contributed by atoms with Crippen LogP contribution in [-0.4, -0.2) is 25.1 Å². The number of benzene rings is 2. The number of rotatable bonds is 4. The van der Waals surface area contributed by atoms with Crippen molar-refractivity contribution in [2.24, 2.45) is 0 Å². The van der Waals surface area contributed by atoms with Crippen LogP contribution in [0.4, 0.5) is 14.5 Å². The third-order valence-electron chi connectivity index (χ3n) is 4.56. The molecule has 0 bridgehead atoms. The van der Waals surface area contributed by atoms with Crippen molar-refractivity contribution in [3.8, 4) is 0 Å². The lowest BCUT2D eigenvalue weighted by atomic mass is 10.2. The van der Waals surface area contributed by atoms with E-state index in [1.165, 1.54) is 4.57 Å². The number of fused-ring (bicyclic) bond motifs is 3. The summed E-state index contributed by atoms with van der Waals surface area (Å²) in [6.07, 6.45) is 0. The van der Waals surface area contributed by atoms with Crippen LogP contribution in [0.25, 0.3) is 16.7 Å². The van der Waals surface area contributed by atoms with Gasteiger partial charge in [0.2, 0.25) is 11.6 Å². The fraction of sp³-hybridized carbons (Fsp3) is 0.200. The highest BCUT2D eigenvalue weighted by Crippen LogP contribution is 2.20. The number of nitrogens with zero attached hydrogens (tertiary/aromatic N) is 4. The van der Waals surface area contributed by atoms with E-state index >= 15 is 0 Å². The largest absolute Gasteiger partial charge is 0.322 e. The molecular formula is C20H17F2N5O2. The molecule has 29 heavy (non-hydrogen) atoms. The van der Waals surface area contributed by atoms with Gasteiger partial charge in [0.1, 0.15) is 24.0 Å². The first kappa shape index (κ1) is 18.7. The zero-order valence-electron chi connectivity index (χ0n) is 15.7. The van der Waals surface area contributed by atoms with Crippen molar-refractivity contribution >= 4 is 28.3 Å². The Balaban J connectivity index is 1.80. The van der Waals surface area contributed by atoms with Crippen LogP contribution < -0.4 is 10.9 Å². The topological polar surface area (TPSA) is 81.3 Å². The van der Waals surface area contributed by atoms with E-state index in [9.17, 15) is 18.4 Å². The molecular weight excluding hydrogens is 380 g/mol. The third-order valence-corrected chi connectivity index (χ3v) is 4.56. The number of amides is 1. The predicted molar refractivity (Wildman–Crippen MR) is 104 cm³/mol. The van der Waals surface area contributed by atoms with Gasteiger partial charge >= 0.3 is 0 Å². The molecule has 2 aromatic carbocycles. The summed E-state index contributed by atoms with van der Waals surface area (Å²) in [4.78, 5) is 25.5. The molecule has 2 heterocycles. The minimum absolute atomic E-state index is 0.0356. The van der Waals surface area contributed by atoms with Gasteiger partial charge in [0.05, 0.1) is 16.7 Å². The van der Waals surface area contributed by atoms with Crippen molar-refractivity contribution in [1.82, 2.24) is 19.2 Å². The molecule has 0 spiro atoms. The third kappa shape index (κ3) is 3.24. The van der Waals surface area contributed by atoms with Gasteiger partial charge in [0.25, 0.3) is 5.56 Å². The van der Waals surface area contributed by atoms with E-state index in [2.05, 4.69) is 15.5 Å². The molecule has 2 aromatic heterocycles. The number of carbonyl (C=O) groups is 1. The maximum absolute atomic E-state index is 13.8. The van der Waals surface area contributed by atoms with Crippen molar-refractivity contribution in [1.29, 1.82) is 0 Å². The first-order valence-corrected chi connectivity index (χ1v) is 8.98. The summed E-state index contributed by atoms with van der Waals surface area (Å²) < 4.78 is 29.8. The van der Waals surface area contributed by atoms with Crippen LogP contribution in [0.1, 0.15) is 25.6 Å². The van der Waals surface area contributed by atoms with Crippen LogP contribution >= 0.6 is 0 Å². The predicted octanol–water partition coefficient (Wildman–Crippen LogP) is 3.08. The van der Waals surface area contributed by atoms with E-state index in [1.807, 2.05) is 26.0 Å². The Kier molecular flexibility index (Phi) is 4.57. The van der Waals surface area contributed by atoms with Gasteiger partial charge < -0.3 is 5.32 Å². The van der Waals surface area contributed by atoms with Gasteiger partial charge in [-0.1, -0.05) is 26.0 Å². The van der Waals surface area contributed by atoms with Crippen molar-refractivity contribution in [3.05, 3.63) is 70.3 Å². The number of carbonyl (C=O) groups excluding carboxylic acids is 1. The number of anilines is 1. The van der Waals surface area contributed by atoms with Crippen molar-refractivity contribution in [3.63, 3.8) is 0 Å². The van der Waals surface area contributed by atoms with Gasteiger partial charge in [-0.05, 0) is 24.3 Å². The SMILES string of the molecule is CC(C)c1nnc2c(=O)n(CC(=O)Nc3ccc(F)cc3F)c3ccccc3n12. The molecule has 0 saturated carbocycles. The molecule has 0 unspecified atom stereocenters. The molecule has 0 radical (unpaired) electrons. The molecule has 148 valence electrons. The fourth-order valence-corrected chi connectivity index (χ4v) is 3.24. The molecule has 0 atom stereocenters. The Morgan fingerprint density at radius 1 is 1.10 bits per heavy atom. The first-order valence-electron chi connectivity index (χ1n) is 8.98. The quantitative estimate of drug-likeness (QED) is 0.574. The maximum Gasteiger partial charge on any atom is 0.297 e. The van der Waals surface area contributed by atoms with Crippen LogP contribution in [0, 0.1) is 11.6 Å². The number of nitrogens with one attached hydrogen (secondary N) is 1. The van der Waals surface area contributed by atoms with Crippen LogP contribution in [-0.2, 0) is 11.3 Å². The average Bonchev–Trinajstić information content (AvgIpc) is 3.13. The molecule has 4 rings (SSSR count). The van der Waals surface area contributed by atoms with E-state index in [1.54, 1.807) is 16.5 Å². The Labute approximate surface area is 163 Å². The minimum Gasteiger partial charge on any atom is -0.322 e. The first-order chi connectivity index (χ1) is 13.9. The Hall–Kier alpha value is -3.62. The Morgan fingerprint density at radius 3 is 2.52 bits per heavy atom. The zero-order chi connectivity index (χ0) is 20.7. The molecule has 0 saturated heterocycles. The highest BCUT2D eigenvalue weighted by atomic mass is 19.1. The van der Waals surface area contributed by atoms with Crippen molar-refractivity contribution in [2.45, 2.75) is 26.3 Å². The molecule has 4 aromatic rings. The van der Waals surface area contributed by atoms with Gasteiger partial charge in [-0.15, -0.1) is 10.2 Å². The highest BCUT2D eigenvalue weighted by molar-refractivity contribution is 5.92. The second kappa shape index (κ2) is 7.08. The normalized spacial score (nSPS) is 11.5. The smallest absolute Gasteiger partial charge is 0.297 e. The molecule has 0 aliphatic heterocycles. The minimum atomic E-state index is -0.898. The number of para-hydroxylation sites is 2. The molecule has 0 aliphatic rings. The number of hydrogen-bond acceptors (Lipinski definition) is 4. The van der Waals surface area contributed by atoms with Crippen LogP contribution in [0.3, 0.4) is 0 Å². The Bertz CT molecular complexity index is 1310. The van der Waals surface area contributed by atoms with Gasteiger partial charge in [0, 0.05) is 12.0 Å². The summed E-state index contributed by atoms with van der Waals surface area (Å²) >= 11 is 0. The van der Waals surface area contributed by atoms with E-state index in [-0.39, 0.29) is 23.8 Å². The lowest BCUT2D eigenvalue weighted by Gasteiger charge is -2.13. The summed E-state index contributed by atoms with van der Waals surface area (Å²) in [5.74, 6) is -1.60. The van der Waals surface area contributed by atoms with Crippen molar-refractivity contribution < 1.29 is 13.6 Å².